The number of aromatic carboxylic acids is 1. The Hall–Kier alpha value is -2.25. The average molecular weight is 222 g/mol. The highest BCUT2D eigenvalue weighted by Crippen LogP contribution is 2.06. The predicted molar refractivity (Wildman–Crippen MR) is 51.8 cm³/mol. The molecular weight excluding hydrogens is 212 g/mol. The van der Waals surface area contributed by atoms with E-state index in [1.165, 1.54) is 15.7 Å². The molecule has 1 N–H and O–H groups in total. The summed E-state index contributed by atoms with van der Waals surface area (Å²) in [4.78, 5) is 12.1. The average Bonchev–Trinajstić information content (AvgIpc) is 2.73. The highest BCUT2D eigenvalue weighted by molar-refractivity contribution is 5.88. The lowest BCUT2D eigenvalue weighted by molar-refractivity contribution is 0.0696. The number of rotatable bonds is 3. The molecule has 0 atom stereocenters. The van der Waals surface area contributed by atoms with Crippen molar-refractivity contribution < 1.29 is 9.90 Å². The molecular formula is C8H10N6O2. The van der Waals surface area contributed by atoms with Crippen molar-refractivity contribution >= 4 is 5.97 Å². The number of aryl methyl sites for hydroxylation is 2. The molecule has 0 aromatic carbocycles. The number of tetrazole rings is 1. The van der Waals surface area contributed by atoms with Gasteiger partial charge in [0.05, 0.1) is 12.7 Å². The van der Waals surface area contributed by atoms with Gasteiger partial charge in [0, 0.05) is 6.20 Å². The number of nitrogens with zero attached hydrogens (tertiary/aromatic N) is 6. The number of carbonyl (C=O) groups is 1. The van der Waals surface area contributed by atoms with Crippen LogP contribution in [0.1, 0.15) is 21.9 Å². The maximum Gasteiger partial charge on any atom is 0.339 e. The number of aromatic nitrogens is 6. The van der Waals surface area contributed by atoms with Crippen molar-refractivity contribution in [3.8, 4) is 0 Å². The molecule has 0 bridgehead atoms. The van der Waals surface area contributed by atoms with Gasteiger partial charge in [-0.3, -0.25) is 4.68 Å². The van der Waals surface area contributed by atoms with E-state index in [0.717, 1.165) is 0 Å². The van der Waals surface area contributed by atoms with Gasteiger partial charge in [-0.05, 0) is 12.1 Å². The molecule has 16 heavy (non-hydrogen) atoms. The van der Waals surface area contributed by atoms with Crippen molar-refractivity contribution in [2.24, 2.45) is 7.05 Å². The van der Waals surface area contributed by atoms with Gasteiger partial charge < -0.3 is 5.11 Å². The van der Waals surface area contributed by atoms with Gasteiger partial charge in [0.15, 0.2) is 5.82 Å². The zero-order chi connectivity index (χ0) is 11.7. The summed E-state index contributed by atoms with van der Waals surface area (Å²) >= 11 is 0. The monoisotopic (exact) mass is 222 g/mol. The largest absolute Gasteiger partial charge is 0.478 e. The van der Waals surface area contributed by atoms with E-state index in [0.29, 0.717) is 18.1 Å². The Kier molecular flexibility index (Phi) is 2.39. The van der Waals surface area contributed by atoms with Crippen LogP contribution in [0.15, 0.2) is 6.20 Å². The van der Waals surface area contributed by atoms with Gasteiger partial charge in [0.25, 0.3) is 0 Å². The van der Waals surface area contributed by atoms with Gasteiger partial charge in [0.1, 0.15) is 12.1 Å². The van der Waals surface area contributed by atoms with Crippen molar-refractivity contribution in [2.75, 3.05) is 0 Å². The summed E-state index contributed by atoms with van der Waals surface area (Å²) in [6.45, 7) is 1.95. The Labute approximate surface area is 90.5 Å². The van der Waals surface area contributed by atoms with Gasteiger partial charge in [-0.1, -0.05) is 0 Å². The van der Waals surface area contributed by atoms with E-state index >= 15 is 0 Å². The van der Waals surface area contributed by atoms with E-state index in [1.54, 1.807) is 14.0 Å². The second-order valence-electron chi connectivity index (χ2n) is 3.33. The molecule has 0 unspecified atom stereocenters. The zero-order valence-electron chi connectivity index (χ0n) is 8.82. The first-order chi connectivity index (χ1) is 7.56. The molecule has 2 aromatic rings. The van der Waals surface area contributed by atoms with Gasteiger partial charge in [-0.25, -0.2) is 4.79 Å². The fourth-order valence-electron chi connectivity index (χ4n) is 1.34. The Morgan fingerprint density at radius 2 is 2.25 bits per heavy atom. The van der Waals surface area contributed by atoms with Crippen LogP contribution in [0.3, 0.4) is 0 Å². The highest BCUT2D eigenvalue weighted by atomic mass is 16.4. The quantitative estimate of drug-likeness (QED) is 0.748. The standard InChI is InChI=1S/C8H10N6O2/c1-5-6(8(15)16)3-14(10-5)4-7-9-12-13(2)11-7/h3H,4H2,1-2H3,(H,15,16). The van der Waals surface area contributed by atoms with Crippen molar-refractivity contribution in [3.05, 3.63) is 23.3 Å². The van der Waals surface area contributed by atoms with Crippen molar-refractivity contribution in [3.63, 3.8) is 0 Å². The van der Waals surface area contributed by atoms with Gasteiger partial charge in [0.2, 0.25) is 0 Å². The molecule has 0 radical (unpaired) electrons. The highest BCUT2D eigenvalue weighted by Gasteiger charge is 2.12. The van der Waals surface area contributed by atoms with Crippen molar-refractivity contribution in [2.45, 2.75) is 13.5 Å². The normalized spacial score (nSPS) is 10.6. The van der Waals surface area contributed by atoms with Crippen LogP contribution in [0.5, 0.6) is 0 Å². The molecule has 2 rings (SSSR count). The Bertz CT molecular complexity index is 528. The molecule has 2 aromatic heterocycles. The molecule has 2 heterocycles. The van der Waals surface area contributed by atoms with E-state index in [2.05, 4.69) is 20.5 Å². The molecule has 0 amide bonds. The van der Waals surface area contributed by atoms with E-state index in [9.17, 15) is 4.79 Å². The Morgan fingerprint density at radius 3 is 2.75 bits per heavy atom. The summed E-state index contributed by atoms with van der Waals surface area (Å²) in [5, 5.41) is 24.3. The second kappa shape index (κ2) is 3.72. The van der Waals surface area contributed by atoms with E-state index in [-0.39, 0.29) is 5.56 Å². The molecule has 0 spiro atoms. The first-order valence-corrected chi connectivity index (χ1v) is 4.56. The minimum absolute atomic E-state index is 0.184. The van der Waals surface area contributed by atoms with Crippen molar-refractivity contribution in [1.82, 2.24) is 30.0 Å². The maximum atomic E-state index is 10.8. The molecule has 8 nitrogen and oxygen atoms in total. The van der Waals surface area contributed by atoms with Crippen LogP contribution in [-0.4, -0.2) is 41.1 Å². The minimum Gasteiger partial charge on any atom is -0.478 e. The fourth-order valence-corrected chi connectivity index (χ4v) is 1.34. The summed E-state index contributed by atoms with van der Waals surface area (Å²) in [5.74, 6) is -0.502. The first kappa shape index (κ1) is 10.3. The third-order valence-electron chi connectivity index (χ3n) is 2.03. The fraction of sp³-hybridized carbons (Fsp3) is 0.375. The summed E-state index contributed by atoms with van der Waals surface area (Å²) in [7, 11) is 1.66. The maximum absolute atomic E-state index is 10.8. The molecule has 0 fully saturated rings. The van der Waals surface area contributed by atoms with Gasteiger partial charge >= 0.3 is 5.97 Å². The van der Waals surface area contributed by atoms with Crippen molar-refractivity contribution in [1.29, 1.82) is 0 Å². The van der Waals surface area contributed by atoms with Crippen LogP contribution in [-0.2, 0) is 13.6 Å². The lowest BCUT2D eigenvalue weighted by Gasteiger charge is -1.93. The lowest BCUT2D eigenvalue weighted by Crippen LogP contribution is -2.03. The topological polar surface area (TPSA) is 98.7 Å². The third-order valence-corrected chi connectivity index (χ3v) is 2.03. The first-order valence-electron chi connectivity index (χ1n) is 4.56. The van der Waals surface area contributed by atoms with E-state index in [1.807, 2.05) is 0 Å². The SMILES string of the molecule is Cc1nn(Cc2nnn(C)n2)cc1C(=O)O. The van der Waals surface area contributed by atoms with Crippen LogP contribution in [0, 0.1) is 6.92 Å². The smallest absolute Gasteiger partial charge is 0.339 e. The molecule has 0 saturated carbocycles. The molecule has 0 aliphatic heterocycles. The van der Waals surface area contributed by atoms with E-state index < -0.39 is 5.97 Å². The van der Waals surface area contributed by atoms with Crippen LogP contribution in [0.25, 0.3) is 0 Å². The van der Waals surface area contributed by atoms with E-state index in [4.69, 9.17) is 5.11 Å². The Balaban J connectivity index is 2.22. The zero-order valence-corrected chi connectivity index (χ0v) is 8.82. The Morgan fingerprint density at radius 1 is 1.50 bits per heavy atom. The summed E-state index contributed by atoms with van der Waals surface area (Å²) in [5.41, 5.74) is 0.653. The van der Waals surface area contributed by atoms with Crippen LogP contribution >= 0.6 is 0 Å². The molecule has 8 heteroatoms. The number of carboxylic acids is 1. The van der Waals surface area contributed by atoms with Crippen LogP contribution < -0.4 is 0 Å². The van der Waals surface area contributed by atoms with Crippen LogP contribution in [0.4, 0.5) is 0 Å². The summed E-state index contributed by atoms with van der Waals surface area (Å²) in [6, 6.07) is 0. The number of carboxylic acid groups (broad SMARTS) is 1. The number of hydrogen-bond acceptors (Lipinski definition) is 5. The third kappa shape index (κ3) is 1.90. The predicted octanol–water partition coefficient (Wildman–Crippen LogP) is -0.538. The minimum atomic E-state index is -0.990. The van der Waals surface area contributed by atoms with Gasteiger partial charge in [-0.15, -0.1) is 10.2 Å². The molecule has 0 saturated heterocycles. The molecule has 84 valence electrons. The summed E-state index contributed by atoms with van der Waals surface area (Å²) < 4.78 is 1.48. The lowest BCUT2D eigenvalue weighted by atomic mass is 10.3. The van der Waals surface area contributed by atoms with Crippen LogP contribution in [0.2, 0.25) is 0 Å². The molecule has 0 aliphatic carbocycles. The summed E-state index contributed by atoms with van der Waals surface area (Å²) in [6.07, 6.45) is 1.45. The molecule has 0 aliphatic rings. The van der Waals surface area contributed by atoms with Gasteiger partial charge in [-0.2, -0.15) is 9.90 Å². The number of hydrogen-bond donors (Lipinski definition) is 1. The second-order valence-corrected chi connectivity index (χ2v) is 3.33.